The number of benzene rings is 1. The summed E-state index contributed by atoms with van der Waals surface area (Å²) in [5.74, 6) is 1.05. The van der Waals surface area contributed by atoms with Crippen LogP contribution in [0.25, 0.3) is 21.9 Å². The smallest absolute Gasteiger partial charge is 0.228 e. The van der Waals surface area contributed by atoms with Gasteiger partial charge in [-0.1, -0.05) is 0 Å². The molecule has 0 saturated heterocycles. The van der Waals surface area contributed by atoms with E-state index in [1.807, 2.05) is 23.6 Å². The van der Waals surface area contributed by atoms with E-state index in [2.05, 4.69) is 18.9 Å². The molecule has 0 spiro atoms. The molecule has 0 fully saturated rings. The van der Waals surface area contributed by atoms with E-state index in [1.54, 1.807) is 6.92 Å². The third-order valence-electron chi connectivity index (χ3n) is 4.95. The van der Waals surface area contributed by atoms with Crippen LogP contribution in [0.2, 0.25) is 0 Å². The van der Waals surface area contributed by atoms with Crippen LogP contribution in [0, 0.1) is 13.8 Å². The van der Waals surface area contributed by atoms with Gasteiger partial charge >= 0.3 is 0 Å². The Balaban J connectivity index is 2.23. The second-order valence-corrected chi connectivity index (χ2v) is 6.38. The normalized spacial score (nSPS) is 15.6. The Labute approximate surface area is 129 Å². The quantitative estimate of drug-likeness (QED) is 0.635. The number of aryl methyl sites for hydroxylation is 2. The zero-order chi connectivity index (χ0) is 15.6. The molecule has 2 aromatic heterocycles. The van der Waals surface area contributed by atoms with Crippen molar-refractivity contribution in [2.24, 2.45) is 0 Å². The molecule has 0 saturated carbocycles. The second-order valence-electron chi connectivity index (χ2n) is 6.38. The van der Waals surface area contributed by atoms with E-state index in [0.29, 0.717) is 0 Å². The summed E-state index contributed by atoms with van der Waals surface area (Å²) in [4.78, 5) is 14.5. The molecular formula is C18H20N2O2. The number of rotatable bonds is 0. The van der Waals surface area contributed by atoms with E-state index in [-0.39, 0.29) is 5.91 Å². The molecule has 0 bridgehead atoms. The van der Waals surface area contributed by atoms with E-state index >= 15 is 0 Å². The van der Waals surface area contributed by atoms with Crippen molar-refractivity contribution in [1.82, 2.24) is 9.47 Å². The fraction of sp³-hybridized carbons (Fsp3) is 0.389. The molecule has 4 rings (SSSR count). The number of likely N-dealkylation sites (N-methyl/N-ethyl adjacent to an activating group) is 1. The predicted molar refractivity (Wildman–Crippen MR) is 87.5 cm³/mol. The molecule has 4 heteroatoms. The van der Waals surface area contributed by atoms with E-state index in [1.165, 1.54) is 27.6 Å². The number of carbonyl (C=O) groups is 1. The highest BCUT2D eigenvalue weighted by atomic mass is 16.3. The van der Waals surface area contributed by atoms with Gasteiger partial charge in [0.05, 0.1) is 5.52 Å². The van der Waals surface area contributed by atoms with Crippen molar-refractivity contribution in [2.45, 2.75) is 33.7 Å². The van der Waals surface area contributed by atoms with Gasteiger partial charge in [-0.3, -0.25) is 9.36 Å². The number of nitrogens with zero attached hydrogens (tertiary/aromatic N) is 2. The second kappa shape index (κ2) is 4.46. The van der Waals surface area contributed by atoms with E-state index in [9.17, 15) is 4.79 Å². The summed E-state index contributed by atoms with van der Waals surface area (Å²) < 4.78 is 7.79. The third kappa shape index (κ3) is 1.64. The van der Waals surface area contributed by atoms with Crippen molar-refractivity contribution in [3.63, 3.8) is 0 Å². The SMILES string of the molecule is CC(=O)n1c2c(c3c4c(C)c(C)oc4ccc31)CN(C)CC2. The fourth-order valence-corrected chi connectivity index (χ4v) is 3.80. The Hall–Kier alpha value is -2.07. The minimum absolute atomic E-state index is 0.0908. The Morgan fingerprint density at radius 3 is 2.73 bits per heavy atom. The van der Waals surface area contributed by atoms with Gasteiger partial charge in [-0.15, -0.1) is 0 Å². The van der Waals surface area contributed by atoms with E-state index in [0.717, 1.165) is 36.4 Å². The number of hydrogen-bond donors (Lipinski definition) is 0. The van der Waals surface area contributed by atoms with Gasteiger partial charge in [-0.05, 0) is 44.2 Å². The Bertz CT molecular complexity index is 930. The average Bonchev–Trinajstić information content (AvgIpc) is 2.94. The van der Waals surface area contributed by atoms with Crippen LogP contribution in [0.4, 0.5) is 0 Å². The Kier molecular flexibility index (Phi) is 2.76. The van der Waals surface area contributed by atoms with Crippen LogP contribution in [0.15, 0.2) is 16.5 Å². The fourth-order valence-electron chi connectivity index (χ4n) is 3.80. The maximum atomic E-state index is 12.2. The summed E-state index contributed by atoms with van der Waals surface area (Å²) in [5, 5.41) is 2.37. The summed E-state index contributed by atoms with van der Waals surface area (Å²) in [6.45, 7) is 7.63. The van der Waals surface area contributed by atoms with Crippen molar-refractivity contribution in [3.8, 4) is 0 Å². The van der Waals surface area contributed by atoms with Crippen molar-refractivity contribution in [3.05, 3.63) is 34.7 Å². The zero-order valence-corrected chi connectivity index (χ0v) is 13.5. The standard InChI is InChI=1S/C18H20N2O2/c1-10-11(2)22-16-6-5-15-18(17(10)16)13-9-19(4)8-7-14(13)20(15)12(3)21/h5-6H,7-9H2,1-4H3. The third-order valence-corrected chi connectivity index (χ3v) is 4.95. The van der Waals surface area contributed by atoms with Gasteiger partial charge in [0, 0.05) is 42.9 Å². The molecule has 1 aliphatic heterocycles. The maximum absolute atomic E-state index is 12.2. The minimum atomic E-state index is 0.0908. The summed E-state index contributed by atoms with van der Waals surface area (Å²) in [5.41, 5.74) is 5.57. The van der Waals surface area contributed by atoms with Crippen LogP contribution in [-0.4, -0.2) is 29.0 Å². The highest BCUT2D eigenvalue weighted by Crippen LogP contribution is 2.38. The van der Waals surface area contributed by atoms with Crippen molar-refractivity contribution in [1.29, 1.82) is 0 Å². The first-order valence-electron chi connectivity index (χ1n) is 7.73. The summed E-state index contributed by atoms with van der Waals surface area (Å²) >= 11 is 0. The van der Waals surface area contributed by atoms with Crippen molar-refractivity contribution >= 4 is 27.8 Å². The van der Waals surface area contributed by atoms with Gasteiger partial charge in [-0.25, -0.2) is 0 Å². The molecule has 3 aromatic rings. The molecule has 0 amide bonds. The molecule has 114 valence electrons. The topological polar surface area (TPSA) is 38.4 Å². The molecule has 0 unspecified atom stereocenters. The molecule has 1 aliphatic rings. The number of fused-ring (bicyclic) bond motifs is 5. The van der Waals surface area contributed by atoms with E-state index < -0.39 is 0 Å². The van der Waals surface area contributed by atoms with Crippen LogP contribution < -0.4 is 0 Å². The summed E-state index contributed by atoms with van der Waals surface area (Å²) in [6.07, 6.45) is 0.914. The molecule has 1 aromatic carbocycles. The lowest BCUT2D eigenvalue weighted by Crippen LogP contribution is -2.28. The zero-order valence-electron chi connectivity index (χ0n) is 13.5. The monoisotopic (exact) mass is 296 g/mol. The summed E-state index contributed by atoms with van der Waals surface area (Å²) in [7, 11) is 2.13. The number of hydrogen-bond acceptors (Lipinski definition) is 3. The first-order chi connectivity index (χ1) is 10.5. The lowest BCUT2D eigenvalue weighted by Gasteiger charge is -2.23. The van der Waals surface area contributed by atoms with Crippen LogP contribution in [0.5, 0.6) is 0 Å². The molecular weight excluding hydrogens is 276 g/mol. The maximum Gasteiger partial charge on any atom is 0.228 e. The first kappa shape index (κ1) is 13.6. The van der Waals surface area contributed by atoms with Crippen LogP contribution in [0.3, 0.4) is 0 Å². The molecule has 3 heterocycles. The number of furan rings is 1. The van der Waals surface area contributed by atoms with Gasteiger partial charge in [0.1, 0.15) is 11.3 Å². The van der Waals surface area contributed by atoms with Gasteiger partial charge in [-0.2, -0.15) is 0 Å². The van der Waals surface area contributed by atoms with Gasteiger partial charge in [0.25, 0.3) is 0 Å². The van der Waals surface area contributed by atoms with Crippen LogP contribution in [-0.2, 0) is 13.0 Å². The van der Waals surface area contributed by atoms with Gasteiger partial charge < -0.3 is 9.32 Å². The van der Waals surface area contributed by atoms with Crippen molar-refractivity contribution < 1.29 is 9.21 Å². The van der Waals surface area contributed by atoms with Crippen LogP contribution in [0.1, 0.15) is 34.3 Å². The van der Waals surface area contributed by atoms with Gasteiger partial charge in [0.2, 0.25) is 5.91 Å². The number of carbonyl (C=O) groups excluding carboxylic acids is 1. The molecule has 4 nitrogen and oxygen atoms in total. The highest BCUT2D eigenvalue weighted by Gasteiger charge is 2.26. The lowest BCUT2D eigenvalue weighted by molar-refractivity contribution is 0.0937. The first-order valence-corrected chi connectivity index (χ1v) is 7.73. The molecule has 0 atom stereocenters. The molecule has 0 N–H and O–H groups in total. The lowest BCUT2D eigenvalue weighted by atomic mass is 10.0. The van der Waals surface area contributed by atoms with Gasteiger partial charge in [0.15, 0.2) is 0 Å². The largest absolute Gasteiger partial charge is 0.461 e. The Morgan fingerprint density at radius 2 is 2.00 bits per heavy atom. The highest BCUT2D eigenvalue weighted by molar-refractivity contribution is 6.11. The predicted octanol–water partition coefficient (Wildman–Crippen LogP) is 3.65. The van der Waals surface area contributed by atoms with E-state index in [4.69, 9.17) is 4.42 Å². The average molecular weight is 296 g/mol. The summed E-state index contributed by atoms with van der Waals surface area (Å²) in [6, 6.07) is 4.02. The molecule has 22 heavy (non-hydrogen) atoms. The minimum Gasteiger partial charge on any atom is -0.461 e. The van der Waals surface area contributed by atoms with Crippen molar-refractivity contribution in [2.75, 3.05) is 13.6 Å². The van der Waals surface area contributed by atoms with Crippen LogP contribution >= 0.6 is 0 Å². The molecule has 0 aliphatic carbocycles. The molecule has 0 radical (unpaired) electrons. The number of aromatic nitrogens is 1. The Morgan fingerprint density at radius 1 is 1.23 bits per heavy atom.